The molecule has 2 aromatic rings. The van der Waals surface area contributed by atoms with Crippen molar-refractivity contribution in [3.05, 3.63) is 47.3 Å². The van der Waals surface area contributed by atoms with Gasteiger partial charge in [0.2, 0.25) is 10.0 Å². The van der Waals surface area contributed by atoms with Crippen LogP contribution in [-0.4, -0.2) is 31.2 Å². The number of benzene rings is 1. The smallest absolute Gasteiger partial charge is 0.272 e. The lowest BCUT2D eigenvalue weighted by molar-refractivity contribution is 0.0934. The third kappa shape index (κ3) is 3.20. The number of nitrogens with one attached hydrogen (secondary N) is 2. The largest absolute Gasteiger partial charge is 0.344 e. The molecule has 24 heavy (non-hydrogen) atoms. The number of amides is 1. The van der Waals surface area contributed by atoms with Crippen LogP contribution in [0.4, 0.5) is 0 Å². The zero-order valence-electron chi connectivity index (χ0n) is 13.6. The van der Waals surface area contributed by atoms with E-state index in [1.54, 1.807) is 18.2 Å². The fourth-order valence-electron chi connectivity index (χ4n) is 2.79. The van der Waals surface area contributed by atoms with Crippen molar-refractivity contribution in [2.45, 2.75) is 37.2 Å². The van der Waals surface area contributed by atoms with E-state index in [-0.39, 0.29) is 16.8 Å². The summed E-state index contributed by atoms with van der Waals surface area (Å²) in [5.41, 5.74) is 2.19. The summed E-state index contributed by atoms with van der Waals surface area (Å²) < 4.78 is 27.9. The van der Waals surface area contributed by atoms with E-state index in [4.69, 9.17) is 0 Å². The van der Waals surface area contributed by atoms with Crippen molar-refractivity contribution in [1.29, 1.82) is 0 Å². The standard InChI is InChI=1S/C16H20N4O3S/c1-11(12-5-3-7-14(9-12)24(22,23)17-2)18-16(21)15-10-13-6-4-8-20(13)19-15/h3,5,7,9-11,17H,4,6,8H2,1-2H3,(H,18,21). The molecule has 1 amide bonds. The van der Waals surface area contributed by atoms with Crippen LogP contribution in [0.25, 0.3) is 0 Å². The Hall–Kier alpha value is -2.19. The van der Waals surface area contributed by atoms with Gasteiger partial charge in [-0.05, 0) is 50.6 Å². The molecule has 1 aliphatic heterocycles. The molecule has 128 valence electrons. The zero-order chi connectivity index (χ0) is 17.3. The molecule has 2 heterocycles. The number of aryl methyl sites for hydroxylation is 2. The first-order valence-electron chi connectivity index (χ1n) is 7.82. The lowest BCUT2D eigenvalue weighted by atomic mass is 10.1. The number of sulfonamides is 1. The molecular formula is C16H20N4O3S. The highest BCUT2D eigenvalue weighted by Gasteiger charge is 2.20. The molecule has 0 saturated heterocycles. The van der Waals surface area contributed by atoms with Crippen molar-refractivity contribution >= 4 is 15.9 Å². The Balaban J connectivity index is 1.75. The highest BCUT2D eigenvalue weighted by molar-refractivity contribution is 7.89. The third-order valence-corrected chi connectivity index (χ3v) is 5.60. The van der Waals surface area contributed by atoms with E-state index in [2.05, 4.69) is 15.1 Å². The maximum atomic E-state index is 12.4. The van der Waals surface area contributed by atoms with Crippen LogP contribution in [0.1, 0.15) is 41.1 Å². The predicted molar refractivity (Wildman–Crippen MR) is 89.1 cm³/mol. The Morgan fingerprint density at radius 3 is 2.83 bits per heavy atom. The number of nitrogens with zero attached hydrogens (tertiary/aromatic N) is 2. The van der Waals surface area contributed by atoms with Crippen LogP contribution in [0.5, 0.6) is 0 Å². The number of carbonyl (C=O) groups is 1. The fraction of sp³-hybridized carbons (Fsp3) is 0.375. The first-order chi connectivity index (χ1) is 11.4. The number of hydrogen-bond donors (Lipinski definition) is 2. The summed E-state index contributed by atoms with van der Waals surface area (Å²) in [6, 6.07) is 8.01. The van der Waals surface area contributed by atoms with Crippen LogP contribution < -0.4 is 10.0 Å². The van der Waals surface area contributed by atoms with Gasteiger partial charge < -0.3 is 5.32 Å². The number of rotatable bonds is 5. The first kappa shape index (κ1) is 16.7. The molecule has 8 heteroatoms. The zero-order valence-corrected chi connectivity index (χ0v) is 14.4. The molecule has 1 aromatic carbocycles. The van der Waals surface area contributed by atoms with Crippen molar-refractivity contribution in [2.75, 3.05) is 7.05 Å². The van der Waals surface area contributed by atoms with Crippen LogP contribution in [-0.2, 0) is 23.0 Å². The van der Waals surface area contributed by atoms with Gasteiger partial charge in [-0.15, -0.1) is 0 Å². The minimum Gasteiger partial charge on any atom is -0.344 e. The molecule has 0 saturated carbocycles. The monoisotopic (exact) mass is 348 g/mol. The molecule has 0 fully saturated rings. The summed E-state index contributed by atoms with van der Waals surface area (Å²) in [5.74, 6) is -0.258. The number of carbonyl (C=O) groups excluding carboxylic acids is 1. The fourth-order valence-corrected chi connectivity index (χ4v) is 3.58. The van der Waals surface area contributed by atoms with Crippen molar-refractivity contribution < 1.29 is 13.2 Å². The third-order valence-electron chi connectivity index (χ3n) is 4.18. The number of aromatic nitrogens is 2. The molecule has 0 bridgehead atoms. The average Bonchev–Trinajstić information content (AvgIpc) is 3.16. The normalized spacial score (nSPS) is 15.1. The quantitative estimate of drug-likeness (QED) is 0.850. The van der Waals surface area contributed by atoms with Gasteiger partial charge >= 0.3 is 0 Å². The summed E-state index contributed by atoms with van der Waals surface area (Å²) in [6.45, 7) is 2.66. The predicted octanol–water partition coefficient (Wildman–Crippen LogP) is 1.23. The number of fused-ring (bicyclic) bond motifs is 1. The molecule has 1 aromatic heterocycles. The maximum absolute atomic E-state index is 12.4. The van der Waals surface area contributed by atoms with E-state index < -0.39 is 10.0 Å². The molecule has 0 aliphatic carbocycles. The van der Waals surface area contributed by atoms with Gasteiger partial charge in [-0.1, -0.05) is 12.1 Å². The van der Waals surface area contributed by atoms with E-state index >= 15 is 0 Å². The molecule has 1 unspecified atom stereocenters. The van der Waals surface area contributed by atoms with Gasteiger partial charge in [-0.2, -0.15) is 5.10 Å². The Labute approximate surface area is 141 Å². The van der Waals surface area contributed by atoms with E-state index in [1.165, 1.54) is 13.1 Å². The SMILES string of the molecule is CNS(=O)(=O)c1cccc(C(C)NC(=O)c2cc3n(n2)CCC3)c1. The lowest BCUT2D eigenvalue weighted by Gasteiger charge is -2.14. The number of hydrogen-bond acceptors (Lipinski definition) is 4. The molecule has 2 N–H and O–H groups in total. The van der Waals surface area contributed by atoms with E-state index in [0.717, 1.165) is 25.1 Å². The molecule has 1 aliphatic rings. The van der Waals surface area contributed by atoms with Crippen molar-refractivity contribution in [3.8, 4) is 0 Å². The van der Waals surface area contributed by atoms with E-state index in [1.807, 2.05) is 17.7 Å². The van der Waals surface area contributed by atoms with Crippen molar-refractivity contribution in [2.24, 2.45) is 0 Å². The lowest BCUT2D eigenvalue weighted by Crippen LogP contribution is -2.27. The Bertz CT molecular complexity index is 852. The molecule has 0 spiro atoms. The Morgan fingerprint density at radius 2 is 2.12 bits per heavy atom. The second-order valence-electron chi connectivity index (χ2n) is 5.82. The van der Waals surface area contributed by atoms with E-state index in [9.17, 15) is 13.2 Å². The second-order valence-corrected chi connectivity index (χ2v) is 7.71. The minimum absolute atomic E-state index is 0.171. The maximum Gasteiger partial charge on any atom is 0.272 e. The molecule has 7 nitrogen and oxygen atoms in total. The summed E-state index contributed by atoms with van der Waals surface area (Å²) in [6.07, 6.45) is 2.01. The average molecular weight is 348 g/mol. The van der Waals surface area contributed by atoms with Crippen molar-refractivity contribution in [1.82, 2.24) is 19.8 Å². The highest BCUT2D eigenvalue weighted by atomic mass is 32.2. The van der Waals surface area contributed by atoms with Crippen LogP contribution in [0, 0.1) is 0 Å². The van der Waals surface area contributed by atoms with Gasteiger partial charge in [0, 0.05) is 12.2 Å². The van der Waals surface area contributed by atoms with Crippen molar-refractivity contribution in [3.63, 3.8) is 0 Å². The summed E-state index contributed by atoms with van der Waals surface area (Å²) in [5, 5.41) is 7.17. The van der Waals surface area contributed by atoms with Gasteiger partial charge in [0.1, 0.15) is 5.69 Å². The second kappa shape index (κ2) is 6.37. The summed E-state index contributed by atoms with van der Waals surface area (Å²) >= 11 is 0. The van der Waals surface area contributed by atoms with Gasteiger partial charge in [0.15, 0.2) is 0 Å². The van der Waals surface area contributed by atoms with Gasteiger partial charge in [-0.25, -0.2) is 13.1 Å². The summed E-state index contributed by atoms with van der Waals surface area (Å²) in [4.78, 5) is 12.5. The Morgan fingerprint density at radius 1 is 1.33 bits per heavy atom. The first-order valence-corrected chi connectivity index (χ1v) is 9.30. The summed E-state index contributed by atoms with van der Waals surface area (Å²) in [7, 11) is -2.15. The molecule has 0 radical (unpaired) electrons. The molecule has 1 atom stereocenters. The molecule has 3 rings (SSSR count). The van der Waals surface area contributed by atoms with Gasteiger partial charge in [0.05, 0.1) is 10.9 Å². The minimum atomic E-state index is -3.51. The highest BCUT2D eigenvalue weighted by Crippen LogP contribution is 2.19. The van der Waals surface area contributed by atoms with Crippen LogP contribution in [0.3, 0.4) is 0 Å². The van der Waals surface area contributed by atoms with Crippen LogP contribution in [0.15, 0.2) is 35.2 Å². The van der Waals surface area contributed by atoms with Gasteiger partial charge in [0.25, 0.3) is 5.91 Å². The van der Waals surface area contributed by atoms with Crippen LogP contribution in [0.2, 0.25) is 0 Å². The van der Waals surface area contributed by atoms with E-state index in [0.29, 0.717) is 11.3 Å². The van der Waals surface area contributed by atoms with Gasteiger partial charge in [-0.3, -0.25) is 9.48 Å². The Kier molecular flexibility index (Phi) is 4.42. The van der Waals surface area contributed by atoms with Crippen LogP contribution >= 0.6 is 0 Å². The molecular weight excluding hydrogens is 328 g/mol. The topological polar surface area (TPSA) is 93.1 Å².